The third kappa shape index (κ3) is 7.89. The lowest BCUT2D eigenvalue weighted by Gasteiger charge is -2.07. The van der Waals surface area contributed by atoms with Gasteiger partial charge in [0.25, 0.3) is 0 Å². The van der Waals surface area contributed by atoms with Crippen molar-refractivity contribution in [2.24, 2.45) is 0 Å². The fourth-order valence-electron chi connectivity index (χ4n) is 1.98. The quantitative estimate of drug-likeness (QED) is 0.416. The van der Waals surface area contributed by atoms with E-state index in [0.29, 0.717) is 23.1 Å². The van der Waals surface area contributed by atoms with E-state index >= 15 is 0 Å². The number of nitrogens with one attached hydrogen (secondary N) is 1. The van der Waals surface area contributed by atoms with E-state index in [-0.39, 0.29) is 0 Å². The highest BCUT2D eigenvalue weighted by Crippen LogP contribution is 2.13. The first kappa shape index (κ1) is 17.5. The Morgan fingerprint density at radius 3 is 2.65 bits per heavy atom. The zero-order valence-corrected chi connectivity index (χ0v) is 13.7. The maximum absolute atomic E-state index is 10.5. The van der Waals surface area contributed by atoms with E-state index in [9.17, 15) is 8.42 Å². The van der Waals surface area contributed by atoms with E-state index in [1.54, 1.807) is 0 Å². The second-order valence-electron chi connectivity index (χ2n) is 4.89. The van der Waals surface area contributed by atoms with Crippen LogP contribution in [0.4, 0.5) is 0 Å². The molecule has 0 spiro atoms. The molecule has 2 N–H and O–H groups in total. The molecule has 1 rings (SSSR count). The van der Waals surface area contributed by atoms with Crippen molar-refractivity contribution in [2.75, 3.05) is 18.8 Å². The van der Waals surface area contributed by atoms with Crippen LogP contribution < -0.4 is 5.32 Å². The average molecular weight is 317 g/mol. The van der Waals surface area contributed by atoms with Crippen LogP contribution in [0.1, 0.15) is 29.5 Å². The zero-order valence-electron chi connectivity index (χ0n) is 12.1. The molecular weight excluding hydrogens is 294 g/mol. The SMILES string of the molecule is Cc1ccc(C)c(CCCCNCCSS(=O)(=O)O)c1. The molecule has 1 aromatic rings. The van der Waals surface area contributed by atoms with Crippen molar-refractivity contribution >= 4 is 19.9 Å². The molecule has 0 fully saturated rings. The predicted octanol–water partition coefficient (Wildman–Crippen LogP) is 2.75. The molecule has 1 aromatic carbocycles. The van der Waals surface area contributed by atoms with Crippen molar-refractivity contribution < 1.29 is 13.0 Å². The predicted molar refractivity (Wildman–Crippen MR) is 85.7 cm³/mol. The summed E-state index contributed by atoms with van der Waals surface area (Å²) in [5.41, 5.74) is 4.05. The van der Waals surface area contributed by atoms with E-state index < -0.39 is 9.15 Å². The lowest BCUT2D eigenvalue weighted by molar-refractivity contribution is 0.503. The molecular formula is C14H23NO3S2. The highest BCUT2D eigenvalue weighted by Gasteiger charge is 2.03. The van der Waals surface area contributed by atoms with Gasteiger partial charge in [-0.25, -0.2) is 0 Å². The van der Waals surface area contributed by atoms with Crippen molar-refractivity contribution in [2.45, 2.75) is 33.1 Å². The molecule has 0 saturated carbocycles. The normalized spacial score (nSPS) is 11.8. The Kier molecular flexibility index (Phi) is 7.58. The number of hydrogen-bond acceptors (Lipinski definition) is 4. The molecule has 6 heteroatoms. The lowest BCUT2D eigenvalue weighted by atomic mass is 10.0. The van der Waals surface area contributed by atoms with Gasteiger partial charge in [-0.15, -0.1) is 0 Å². The summed E-state index contributed by atoms with van der Waals surface area (Å²) in [5, 5.41) is 3.17. The van der Waals surface area contributed by atoms with Crippen LogP contribution in [0.5, 0.6) is 0 Å². The monoisotopic (exact) mass is 317 g/mol. The number of benzene rings is 1. The third-order valence-corrected chi connectivity index (χ3v) is 5.13. The summed E-state index contributed by atoms with van der Waals surface area (Å²) >= 11 is 0. The minimum absolute atomic E-state index is 0.371. The summed E-state index contributed by atoms with van der Waals surface area (Å²) < 4.78 is 29.5. The highest BCUT2D eigenvalue weighted by atomic mass is 33.1. The van der Waals surface area contributed by atoms with Gasteiger partial charge < -0.3 is 5.32 Å². The largest absolute Gasteiger partial charge is 0.319 e. The van der Waals surface area contributed by atoms with Gasteiger partial charge in [-0.3, -0.25) is 4.55 Å². The minimum Gasteiger partial charge on any atom is -0.316 e. The smallest absolute Gasteiger partial charge is 0.316 e. The van der Waals surface area contributed by atoms with Crippen molar-refractivity contribution in [3.8, 4) is 0 Å². The van der Waals surface area contributed by atoms with Gasteiger partial charge in [0, 0.05) is 12.3 Å². The Labute approximate surface area is 125 Å². The molecule has 0 radical (unpaired) electrons. The van der Waals surface area contributed by atoms with Gasteiger partial charge >= 0.3 is 9.15 Å². The average Bonchev–Trinajstić information content (AvgIpc) is 2.35. The summed E-state index contributed by atoms with van der Waals surface area (Å²) in [6.07, 6.45) is 3.25. The number of hydrogen-bond donors (Lipinski definition) is 2. The maximum Gasteiger partial charge on any atom is 0.319 e. The molecule has 0 atom stereocenters. The van der Waals surface area contributed by atoms with E-state index in [4.69, 9.17) is 4.55 Å². The number of unbranched alkanes of at least 4 members (excludes halogenated alkanes) is 1. The van der Waals surface area contributed by atoms with Gasteiger partial charge in [0.15, 0.2) is 0 Å². The first-order valence-electron chi connectivity index (χ1n) is 6.77. The van der Waals surface area contributed by atoms with Crippen LogP contribution in [0, 0.1) is 13.8 Å². The zero-order chi connectivity index (χ0) is 15.0. The van der Waals surface area contributed by atoms with Crippen LogP contribution in [0.15, 0.2) is 18.2 Å². The summed E-state index contributed by atoms with van der Waals surface area (Å²) in [6, 6.07) is 6.54. The summed E-state index contributed by atoms with van der Waals surface area (Å²) in [5.74, 6) is 0.371. The molecule has 0 aliphatic heterocycles. The Hall–Kier alpha value is -0.560. The van der Waals surface area contributed by atoms with E-state index in [1.165, 1.54) is 16.7 Å². The van der Waals surface area contributed by atoms with E-state index in [1.807, 2.05) is 0 Å². The molecule has 0 aliphatic rings. The minimum atomic E-state index is -3.89. The lowest BCUT2D eigenvalue weighted by Crippen LogP contribution is -2.19. The van der Waals surface area contributed by atoms with Crippen molar-refractivity contribution in [3.63, 3.8) is 0 Å². The maximum atomic E-state index is 10.5. The van der Waals surface area contributed by atoms with Crippen LogP contribution >= 0.6 is 10.8 Å². The molecule has 0 bridgehead atoms. The van der Waals surface area contributed by atoms with Gasteiger partial charge in [0.05, 0.1) is 0 Å². The second kappa shape index (κ2) is 8.67. The molecule has 20 heavy (non-hydrogen) atoms. The van der Waals surface area contributed by atoms with Crippen LogP contribution in [-0.2, 0) is 15.6 Å². The first-order valence-corrected chi connectivity index (χ1v) is 9.71. The van der Waals surface area contributed by atoms with Gasteiger partial charge in [-0.1, -0.05) is 23.8 Å². The van der Waals surface area contributed by atoms with E-state index in [0.717, 1.165) is 25.8 Å². The fourth-order valence-corrected chi connectivity index (χ4v) is 3.30. The van der Waals surface area contributed by atoms with E-state index in [2.05, 4.69) is 37.4 Å². The van der Waals surface area contributed by atoms with Crippen LogP contribution in [-0.4, -0.2) is 31.8 Å². The van der Waals surface area contributed by atoms with Crippen molar-refractivity contribution in [1.29, 1.82) is 0 Å². The molecule has 0 aliphatic carbocycles. The van der Waals surface area contributed by atoms with Gasteiger partial charge in [0.1, 0.15) is 0 Å². The van der Waals surface area contributed by atoms with Crippen LogP contribution in [0.25, 0.3) is 0 Å². The topological polar surface area (TPSA) is 66.4 Å². The Morgan fingerprint density at radius 1 is 1.20 bits per heavy atom. The number of rotatable bonds is 9. The molecule has 0 aromatic heterocycles. The van der Waals surface area contributed by atoms with Gasteiger partial charge in [-0.2, -0.15) is 8.42 Å². The Balaban J connectivity index is 2.09. The van der Waals surface area contributed by atoms with Gasteiger partial charge in [-0.05, 0) is 61.6 Å². The summed E-state index contributed by atoms with van der Waals surface area (Å²) in [7, 11) is -3.33. The van der Waals surface area contributed by atoms with Crippen LogP contribution in [0.3, 0.4) is 0 Å². The molecule has 0 saturated heterocycles. The van der Waals surface area contributed by atoms with Crippen molar-refractivity contribution in [1.82, 2.24) is 5.32 Å². The summed E-state index contributed by atoms with van der Waals surface area (Å²) in [4.78, 5) is 0. The van der Waals surface area contributed by atoms with Gasteiger partial charge in [0.2, 0.25) is 0 Å². The number of aryl methyl sites for hydroxylation is 3. The summed E-state index contributed by atoms with van der Waals surface area (Å²) in [6.45, 7) is 5.71. The molecule has 0 amide bonds. The standard InChI is InChI=1S/C14H23NO3S2/c1-12-6-7-13(2)14(11-12)5-3-4-8-15-9-10-19-20(16,17)18/h6-7,11,15H,3-5,8-10H2,1-2H3,(H,16,17,18). The van der Waals surface area contributed by atoms with Crippen LogP contribution in [0.2, 0.25) is 0 Å². The van der Waals surface area contributed by atoms with Crippen molar-refractivity contribution in [3.05, 3.63) is 34.9 Å². The molecule has 4 nitrogen and oxygen atoms in total. The highest BCUT2D eigenvalue weighted by molar-refractivity contribution is 8.69. The fraction of sp³-hybridized carbons (Fsp3) is 0.571. The third-order valence-electron chi connectivity index (χ3n) is 3.07. The molecule has 114 valence electrons. The molecule has 0 heterocycles. The first-order chi connectivity index (χ1) is 9.38. The molecule has 0 unspecified atom stereocenters. The second-order valence-corrected chi connectivity index (χ2v) is 8.36. The Bertz CT molecular complexity index is 515. The Morgan fingerprint density at radius 2 is 1.95 bits per heavy atom.